The summed E-state index contributed by atoms with van der Waals surface area (Å²) in [6, 6.07) is 6.69. The van der Waals surface area contributed by atoms with E-state index in [4.69, 9.17) is 4.74 Å². The quantitative estimate of drug-likeness (QED) is 0.814. The van der Waals surface area contributed by atoms with Gasteiger partial charge < -0.3 is 14.8 Å². The Kier molecular flexibility index (Phi) is 5.85. The highest BCUT2D eigenvalue weighted by Crippen LogP contribution is 2.27. The summed E-state index contributed by atoms with van der Waals surface area (Å²) in [6.45, 7) is 1.74. The predicted molar refractivity (Wildman–Crippen MR) is 67.2 cm³/mol. The highest BCUT2D eigenvalue weighted by molar-refractivity contribution is 5.56. The van der Waals surface area contributed by atoms with E-state index in [2.05, 4.69) is 10.1 Å². The third-order valence-corrected chi connectivity index (χ3v) is 2.59. The molecule has 0 heterocycles. The van der Waals surface area contributed by atoms with Crippen LogP contribution in [0.2, 0.25) is 0 Å². The maximum absolute atomic E-state index is 12.3. The van der Waals surface area contributed by atoms with Gasteiger partial charge in [-0.25, -0.2) is 0 Å². The van der Waals surface area contributed by atoms with E-state index in [-0.39, 0.29) is 11.8 Å². The Hall–Kier alpha value is -1.36. The number of ether oxygens (including phenoxy) is 2. The molecule has 1 aromatic carbocycles. The molecule has 1 aromatic rings. The Morgan fingerprint density at radius 2 is 1.89 bits per heavy atom. The lowest BCUT2D eigenvalue weighted by molar-refractivity contribution is -0.0494. The van der Waals surface area contributed by atoms with Crippen molar-refractivity contribution in [3.8, 4) is 5.75 Å². The van der Waals surface area contributed by atoms with Gasteiger partial charge in [-0.05, 0) is 18.1 Å². The number of hydrogen-bond donors (Lipinski definition) is 1. The molecule has 0 bridgehead atoms. The van der Waals surface area contributed by atoms with Gasteiger partial charge in [-0.3, -0.25) is 0 Å². The van der Waals surface area contributed by atoms with E-state index < -0.39 is 6.61 Å². The highest BCUT2D eigenvalue weighted by atomic mass is 19.3. The third kappa shape index (κ3) is 4.49. The molecule has 0 aliphatic carbocycles. The molecule has 1 unspecified atom stereocenters. The van der Waals surface area contributed by atoms with Crippen molar-refractivity contribution in [2.45, 2.75) is 26.5 Å². The van der Waals surface area contributed by atoms with Gasteiger partial charge in [-0.15, -0.1) is 0 Å². The Labute approximate surface area is 106 Å². The van der Waals surface area contributed by atoms with Crippen LogP contribution >= 0.6 is 0 Å². The number of anilines is 1. The van der Waals surface area contributed by atoms with E-state index in [0.29, 0.717) is 18.2 Å². The number of benzene rings is 1. The highest BCUT2D eigenvalue weighted by Gasteiger charge is 2.16. The van der Waals surface area contributed by atoms with E-state index in [0.717, 1.165) is 0 Å². The molecule has 0 amide bonds. The number of halogens is 2. The van der Waals surface area contributed by atoms with Gasteiger partial charge in [0.1, 0.15) is 5.75 Å². The fourth-order valence-corrected chi connectivity index (χ4v) is 1.56. The molecule has 0 radical (unpaired) electrons. The minimum atomic E-state index is -2.83. The number of rotatable bonds is 7. The zero-order chi connectivity index (χ0) is 13.5. The monoisotopic (exact) mass is 259 g/mol. The first kappa shape index (κ1) is 14.7. The molecule has 5 heteroatoms. The second kappa shape index (κ2) is 7.16. The normalized spacial score (nSPS) is 12.8. The molecule has 3 nitrogen and oxygen atoms in total. The number of hydrogen-bond acceptors (Lipinski definition) is 3. The smallest absolute Gasteiger partial charge is 0.387 e. The first-order valence-electron chi connectivity index (χ1n) is 5.84. The molecular formula is C13H19F2NO2. The second-order valence-corrected chi connectivity index (χ2v) is 4.32. The van der Waals surface area contributed by atoms with E-state index in [9.17, 15) is 8.78 Å². The maximum atomic E-state index is 12.3. The van der Waals surface area contributed by atoms with E-state index in [1.165, 1.54) is 6.07 Å². The molecule has 0 aliphatic rings. The van der Waals surface area contributed by atoms with Crippen LogP contribution in [0.1, 0.15) is 13.8 Å². The number of alkyl halides is 2. The second-order valence-electron chi connectivity index (χ2n) is 4.32. The minimum absolute atomic E-state index is 0.0393. The zero-order valence-electron chi connectivity index (χ0n) is 10.8. The fraction of sp³-hybridized carbons (Fsp3) is 0.538. The van der Waals surface area contributed by atoms with Gasteiger partial charge in [0, 0.05) is 7.11 Å². The van der Waals surface area contributed by atoms with Gasteiger partial charge in [-0.2, -0.15) is 8.78 Å². The summed E-state index contributed by atoms with van der Waals surface area (Å²) in [6.07, 6.45) is 0. The standard InChI is InChI=1S/C13H19F2NO2/c1-9(2)11(8-17-3)16-10-6-4-5-7-12(10)18-13(14)15/h4-7,9,11,13,16H,8H2,1-3H3. The van der Waals surface area contributed by atoms with E-state index >= 15 is 0 Å². The van der Waals surface area contributed by atoms with Crippen molar-refractivity contribution in [1.82, 2.24) is 0 Å². The number of methoxy groups -OCH3 is 1. The molecule has 1 N–H and O–H groups in total. The summed E-state index contributed by atoms with van der Waals surface area (Å²) < 4.78 is 34.1. The largest absolute Gasteiger partial charge is 0.433 e. The molecule has 0 saturated carbocycles. The van der Waals surface area contributed by atoms with Crippen molar-refractivity contribution in [2.75, 3.05) is 19.0 Å². The van der Waals surface area contributed by atoms with Crippen LogP contribution in [-0.2, 0) is 4.74 Å². The summed E-state index contributed by atoms with van der Waals surface area (Å²) in [5.74, 6) is 0.457. The minimum Gasteiger partial charge on any atom is -0.433 e. The van der Waals surface area contributed by atoms with Crippen molar-refractivity contribution in [1.29, 1.82) is 0 Å². The summed E-state index contributed by atoms with van der Waals surface area (Å²) in [5, 5.41) is 3.17. The summed E-state index contributed by atoms with van der Waals surface area (Å²) >= 11 is 0. The van der Waals surface area contributed by atoms with Crippen LogP contribution in [0.4, 0.5) is 14.5 Å². The first-order valence-corrected chi connectivity index (χ1v) is 5.84. The van der Waals surface area contributed by atoms with Crippen molar-refractivity contribution >= 4 is 5.69 Å². The van der Waals surface area contributed by atoms with Crippen LogP contribution in [0.25, 0.3) is 0 Å². The molecule has 0 fully saturated rings. The lowest BCUT2D eigenvalue weighted by Crippen LogP contribution is -2.30. The summed E-state index contributed by atoms with van der Waals surface area (Å²) in [7, 11) is 1.61. The topological polar surface area (TPSA) is 30.5 Å². The molecule has 0 aromatic heterocycles. The van der Waals surface area contributed by atoms with Crippen LogP contribution in [0.5, 0.6) is 5.75 Å². The van der Waals surface area contributed by atoms with Crippen LogP contribution in [0.3, 0.4) is 0 Å². The van der Waals surface area contributed by atoms with Crippen LogP contribution in [0.15, 0.2) is 24.3 Å². The molecule has 102 valence electrons. The van der Waals surface area contributed by atoms with Crippen molar-refractivity contribution in [2.24, 2.45) is 5.92 Å². The van der Waals surface area contributed by atoms with Crippen molar-refractivity contribution < 1.29 is 18.3 Å². The Bertz CT molecular complexity index is 359. The molecular weight excluding hydrogens is 240 g/mol. The van der Waals surface area contributed by atoms with E-state index in [1.807, 2.05) is 13.8 Å². The lowest BCUT2D eigenvalue weighted by Gasteiger charge is -2.24. The maximum Gasteiger partial charge on any atom is 0.387 e. The van der Waals surface area contributed by atoms with Crippen LogP contribution < -0.4 is 10.1 Å². The molecule has 18 heavy (non-hydrogen) atoms. The van der Waals surface area contributed by atoms with Gasteiger partial charge in [0.15, 0.2) is 0 Å². The SMILES string of the molecule is COCC(Nc1ccccc1OC(F)F)C(C)C. The van der Waals surface area contributed by atoms with Crippen molar-refractivity contribution in [3.05, 3.63) is 24.3 Å². The van der Waals surface area contributed by atoms with Crippen molar-refractivity contribution in [3.63, 3.8) is 0 Å². The van der Waals surface area contributed by atoms with Crippen LogP contribution in [0, 0.1) is 5.92 Å². The molecule has 0 aliphatic heterocycles. The predicted octanol–water partition coefficient (Wildman–Crippen LogP) is 3.37. The van der Waals surface area contributed by atoms with Gasteiger partial charge in [0.2, 0.25) is 0 Å². The Balaban J connectivity index is 2.81. The average Bonchev–Trinajstić information content (AvgIpc) is 2.30. The zero-order valence-corrected chi connectivity index (χ0v) is 10.8. The molecule has 1 atom stereocenters. The third-order valence-electron chi connectivity index (χ3n) is 2.59. The summed E-state index contributed by atoms with van der Waals surface area (Å²) in [4.78, 5) is 0. The van der Waals surface area contributed by atoms with Gasteiger partial charge in [-0.1, -0.05) is 26.0 Å². The number of nitrogens with one attached hydrogen (secondary N) is 1. The molecule has 1 rings (SSSR count). The van der Waals surface area contributed by atoms with Crippen LogP contribution in [-0.4, -0.2) is 26.4 Å². The first-order chi connectivity index (χ1) is 8.54. The van der Waals surface area contributed by atoms with Gasteiger partial charge in [0.25, 0.3) is 0 Å². The average molecular weight is 259 g/mol. The lowest BCUT2D eigenvalue weighted by atomic mass is 10.0. The van der Waals surface area contributed by atoms with Gasteiger partial charge >= 0.3 is 6.61 Å². The molecule has 0 spiro atoms. The van der Waals surface area contributed by atoms with Gasteiger partial charge in [0.05, 0.1) is 18.3 Å². The molecule has 0 saturated heterocycles. The fourth-order valence-electron chi connectivity index (χ4n) is 1.56. The summed E-state index contributed by atoms with van der Waals surface area (Å²) in [5.41, 5.74) is 0.550. The van der Waals surface area contributed by atoms with E-state index in [1.54, 1.807) is 25.3 Å². The Morgan fingerprint density at radius 1 is 1.22 bits per heavy atom. The Morgan fingerprint density at radius 3 is 2.44 bits per heavy atom. The number of para-hydroxylation sites is 2.